The lowest BCUT2D eigenvalue weighted by Crippen LogP contribution is -2.13. The van der Waals surface area contributed by atoms with Crippen LogP contribution in [0.2, 0.25) is 0 Å². The number of nitrogens with one attached hydrogen (secondary N) is 1. The number of rotatable bonds is 0. The lowest BCUT2D eigenvalue weighted by atomic mass is 10.2. The molecule has 0 fully saturated rings. The van der Waals surface area contributed by atoms with Gasteiger partial charge in [0.1, 0.15) is 0 Å². The quantitative estimate of drug-likeness (QED) is 0.560. The Morgan fingerprint density at radius 2 is 2.17 bits per heavy atom. The third-order valence-corrected chi connectivity index (χ3v) is 3.33. The Balaban J connectivity index is 2.71. The van der Waals surface area contributed by atoms with Gasteiger partial charge in [-0.15, -0.1) is 0 Å². The molecule has 0 bridgehead atoms. The van der Waals surface area contributed by atoms with Crippen molar-refractivity contribution in [2.45, 2.75) is 11.4 Å². The molecular formula is C7H8N2O2S. The van der Waals surface area contributed by atoms with Gasteiger partial charge in [-0.3, -0.25) is 0 Å². The van der Waals surface area contributed by atoms with Gasteiger partial charge in [0.25, 0.3) is 0 Å². The van der Waals surface area contributed by atoms with Crippen LogP contribution in [-0.2, 0) is 16.6 Å². The standard InChI is InChI=1S/C7H8N2O2S/c8-6-1-2-7-5(3-6)4-9-12(7,10)11/h1-3,9H,4,8H2. The van der Waals surface area contributed by atoms with Crippen molar-refractivity contribution in [2.24, 2.45) is 0 Å². The molecule has 2 rings (SSSR count). The predicted molar refractivity (Wildman–Crippen MR) is 44.9 cm³/mol. The number of hydrogen-bond acceptors (Lipinski definition) is 3. The summed E-state index contributed by atoms with van der Waals surface area (Å²) in [6, 6.07) is 4.79. The molecule has 3 N–H and O–H groups in total. The minimum Gasteiger partial charge on any atom is -0.399 e. The SMILES string of the molecule is Nc1ccc2c(c1)CNS2(=O)=O. The van der Waals surface area contributed by atoms with Crippen LogP contribution in [0.5, 0.6) is 0 Å². The summed E-state index contributed by atoms with van der Waals surface area (Å²) in [5.41, 5.74) is 6.83. The molecule has 12 heavy (non-hydrogen) atoms. The zero-order valence-electron chi connectivity index (χ0n) is 6.24. The van der Waals surface area contributed by atoms with E-state index in [9.17, 15) is 8.42 Å². The molecule has 1 aliphatic heterocycles. The fourth-order valence-corrected chi connectivity index (χ4v) is 2.47. The first-order valence-electron chi connectivity index (χ1n) is 3.48. The van der Waals surface area contributed by atoms with Crippen molar-refractivity contribution in [1.82, 2.24) is 4.72 Å². The lowest BCUT2D eigenvalue weighted by Gasteiger charge is -1.96. The summed E-state index contributed by atoms with van der Waals surface area (Å²) < 4.78 is 24.8. The maximum atomic E-state index is 11.2. The molecule has 1 heterocycles. The van der Waals surface area contributed by atoms with Gasteiger partial charge in [0.2, 0.25) is 10.0 Å². The molecule has 1 aromatic rings. The molecule has 5 heteroatoms. The summed E-state index contributed by atoms with van der Waals surface area (Å²) in [5.74, 6) is 0. The highest BCUT2D eigenvalue weighted by molar-refractivity contribution is 7.89. The fraction of sp³-hybridized carbons (Fsp3) is 0.143. The van der Waals surface area contributed by atoms with E-state index in [4.69, 9.17) is 5.73 Å². The fourth-order valence-electron chi connectivity index (χ4n) is 1.25. The molecule has 0 amide bonds. The van der Waals surface area contributed by atoms with Gasteiger partial charge in [-0.25, -0.2) is 13.1 Å². The Labute approximate surface area is 70.4 Å². The van der Waals surface area contributed by atoms with E-state index in [2.05, 4.69) is 4.72 Å². The van der Waals surface area contributed by atoms with Crippen molar-refractivity contribution < 1.29 is 8.42 Å². The van der Waals surface area contributed by atoms with Crippen LogP contribution in [0.15, 0.2) is 23.1 Å². The van der Waals surface area contributed by atoms with Crippen LogP contribution in [0.4, 0.5) is 5.69 Å². The molecule has 0 saturated carbocycles. The van der Waals surface area contributed by atoms with Crippen molar-refractivity contribution in [3.05, 3.63) is 23.8 Å². The number of nitrogen functional groups attached to an aromatic ring is 1. The predicted octanol–water partition coefficient (Wildman–Crippen LogP) is 0.0607. The first kappa shape index (κ1) is 7.57. The Morgan fingerprint density at radius 1 is 1.42 bits per heavy atom. The Bertz CT molecular complexity index is 425. The van der Waals surface area contributed by atoms with Crippen LogP contribution in [-0.4, -0.2) is 8.42 Å². The van der Waals surface area contributed by atoms with E-state index in [1.807, 2.05) is 0 Å². The van der Waals surface area contributed by atoms with Gasteiger partial charge in [0.15, 0.2) is 0 Å². The third-order valence-electron chi connectivity index (χ3n) is 1.83. The average Bonchev–Trinajstić information content (AvgIpc) is 2.27. The second-order valence-corrected chi connectivity index (χ2v) is 4.43. The van der Waals surface area contributed by atoms with Crippen LogP contribution < -0.4 is 10.5 Å². The van der Waals surface area contributed by atoms with Crippen molar-refractivity contribution in [2.75, 3.05) is 5.73 Å². The van der Waals surface area contributed by atoms with Crippen LogP contribution in [0.3, 0.4) is 0 Å². The van der Waals surface area contributed by atoms with Crippen molar-refractivity contribution in [1.29, 1.82) is 0 Å². The summed E-state index contributed by atoms with van der Waals surface area (Å²) >= 11 is 0. The van der Waals surface area contributed by atoms with Gasteiger partial charge in [-0.2, -0.15) is 0 Å². The number of fused-ring (bicyclic) bond motifs is 1. The summed E-state index contributed by atoms with van der Waals surface area (Å²) in [6.07, 6.45) is 0. The van der Waals surface area contributed by atoms with Gasteiger partial charge in [0, 0.05) is 12.2 Å². The minimum atomic E-state index is -3.23. The number of sulfonamides is 1. The summed E-state index contributed by atoms with van der Waals surface area (Å²) in [6.45, 7) is 0.350. The second kappa shape index (κ2) is 2.21. The van der Waals surface area contributed by atoms with Gasteiger partial charge < -0.3 is 5.73 Å². The maximum Gasteiger partial charge on any atom is 0.241 e. The van der Waals surface area contributed by atoms with Crippen LogP contribution in [0.25, 0.3) is 0 Å². The van der Waals surface area contributed by atoms with Gasteiger partial charge in [0.05, 0.1) is 4.90 Å². The third kappa shape index (κ3) is 0.981. The van der Waals surface area contributed by atoms with Gasteiger partial charge in [-0.1, -0.05) is 0 Å². The zero-order valence-corrected chi connectivity index (χ0v) is 7.06. The van der Waals surface area contributed by atoms with Crippen LogP contribution >= 0.6 is 0 Å². The molecule has 0 unspecified atom stereocenters. The number of nitrogens with two attached hydrogens (primary N) is 1. The van der Waals surface area contributed by atoms with E-state index in [0.29, 0.717) is 17.1 Å². The summed E-state index contributed by atoms with van der Waals surface area (Å²) in [5, 5.41) is 0. The van der Waals surface area contributed by atoms with E-state index >= 15 is 0 Å². The molecular weight excluding hydrogens is 176 g/mol. The molecule has 0 radical (unpaired) electrons. The van der Waals surface area contributed by atoms with E-state index < -0.39 is 10.0 Å². The van der Waals surface area contributed by atoms with E-state index in [1.54, 1.807) is 12.1 Å². The molecule has 0 aromatic heterocycles. The molecule has 0 spiro atoms. The smallest absolute Gasteiger partial charge is 0.241 e. The largest absolute Gasteiger partial charge is 0.399 e. The number of anilines is 1. The number of benzene rings is 1. The summed E-state index contributed by atoms with van der Waals surface area (Å²) in [7, 11) is -3.23. The van der Waals surface area contributed by atoms with Gasteiger partial charge in [-0.05, 0) is 23.8 Å². The normalized spacial score (nSPS) is 19.0. The molecule has 64 valence electrons. The molecule has 4 nitrogen and oxygen atoms in total. The van der Waals surface area contributed by atoms with Crippen LogP contribution in [0, 0.1) is 0 Å². The molecule has 1 aromatic carbocycles. The Hall–Kier alpha value is -1.07. The monoisotopic (exact) mass is 184 g/mol. The molecule has 1 aliphatic rings. The molecule has 0 atom stereocenters. The second-order valence-electron chi connectivity index (χ2n) is 2.69. The van der Waals surface area contributed by atoms with E-state index in [-0.39, 0.29) is 0 Å². The van der Waals surface area contributed by atoms with Crippen LogP contribution in [0.1, 0.15) is 5.56 Å². The van der Waals surface area contributed by atoms with Gasteiger partial charge >= 0.3 is 0 Å². The van der Waals surface area contributed by atoms with E-state index in [1.165, 1.54) is 6.07 Å². The molecule has 0 aliphatic carbocycles. The van der Waals surface area contributed by atoms with Crippen molar-refractivity contribution in [3.63, 3.8) is 0 Å². The highest BCUT2D eigenvalue weighted by atomic mass is 32.2. The van der Waals surface area contributed by atoms with Crippen molar-refractivity contribution in [3.8, 4) is 0 Å². The lowest BCUT2D eigenvalue weighted by molar-refractivity contribution is 0.589. The Kier molecular flexibility index (Phi) is 1.39. The highest BCUT2D eigenvalue weighted by Gasteiger charge is 2.24. The minimum absolute atomic E-state index is 0.344. The average molecular weight is 184 g/mol. The summed E-state index contributed by atoms with van der Waals surface area (Å²) in [4.78, 5) is 0.344. The van der Waals surface area contributed by atoms with E-state index in [0.717, 1.165) is 5.56 Å². The Morgan fingerprint density at radius 3 is 2.92 bits per heavy atom. The first-order valence-corrected chi connectivity index (χ1v) is 4.96. The highest BCUT2D eigenvalue weighted by Crippen LogP contribution is 2.23. The maximum absolute atomic E-state index is 11.2. The topological polar surface area (TPSA) is 72.2 Å². The zero-order chi connectivity index (χ0) is 8.77. The first-order chi connectivity index (χ1) is 5.59. The van der Waals surface area contributed by atoms with Crippen molar-refractivity contribution >= 4 is 15.7 Å². The number of hydrogen-bond donors (Lipinski definition) is 2. The molecule has 0 saturated heterocycles.